The maximum Gasteiger partial charge on any atom is 0.211 e. The van der Waals surface area contributed by atoms with E-state index in [0.29, 0.717) is 6.41 Å². The Morgan fingerprint density at radius 3 is 2.56 bits per heavy atom. The van der Waals surface area contributed by atoms with Crippen molar-refractivity contribution in [2.75, 3.05) is 5.32 Å². The van der Waals surface area contributed by atoms with Gasteiger partial charge in [-0.05, 0) is 18.9 Å². The van der Waals surface area contributed by atoms with Gasteiger partial charge in [-0.3, -0.25) is 4.79 Å². The molecule has 0 aromatic heterocycles. The largest absolute Gasteiger partial charge is 0.385 e. The molecule has 0 saturated heterocycles. The summed E-state index contributed by atoms with van der Waals surface area (Å²) in [5, 5.41) is 13.3. The Kier molecular flexibility index (Phi) is 3.25. The molecule has 1 aliphatic rings. The molecule has 1 aromatic carbocycles. The standard InChI is InChI=1S/C13H17NO2/c15-10-14-12-7-3-2-6-11(12)13(16)8-4-1-5-9-13/h2-3,6-7,10,16H,1,4-5,8-9H2,(H,14,15). The summed E-state index contributed by atoms with van der Waals surface area (Å²) >= 11 is 0. The normalized spacial score (nSPS) is 19.1. The fraction of sp³-hybridized carbons (Fsp3) is 0.462. The van der Waals surface area contributed by atoms with Crippen molar-refractivity contribution in [3.8, 4) is 0 Å². The predicted molar refractivity (Wildman–Crippen MR) is 63.1 cm³/mol. The molecule has 3 heteroatoms. The quantitative estimate of drug-likeness (QED) is 0.767. The zero-order valence-electron chi connectivity index (χ0n) is 9.28. The number of carbonyl (C=O) groups is 1. The van der Waals surface area contributed by atoms with Gasteiger partial charge in [-0.1, -0.05) is 37.5 Å². The fourth-order valence-corrected chi connectivity index (χ4v) is 2.48. The SMILES string of the molecule is O=CNc1ccccc1C1(O)CCCCC1. The van der Waals surface area contributed by atoms with Gasteiger partial charge in [0.15, 0.2) is 0 Å². The molecule has 0 heterocycles. The van der Waals surface area contributed by atoms with Crippen LogP contribution >= 0.6 is 0 Å². The van der Waals surface area contributed by atoms with Crippen molar-refractivity contribution < 1.29 is 9.90 Å². The lowest BCUT2D eigenvalue weighted by molar-refractivity contribution is -0.105. The minimum absolute atomic E-state index is 0.658. The van der Waals surface area contributed by atoms with Gasteiger partial charge in [0, 0.05) is 11.3 Å². The van der Waals surface area contributed by atoms with Crippen LogP contribution in [0.1, 0.15) is 37.7 Å². The van der Waals surface area contributed by atoms with E-state index in [9.17, 15) is 9.90 Å². The lowest BCUT2D eigenvalue weighted by atomic mass is 9.79. The molecule has 1 amide bonds. The molecule has 2 N–H and O–H groups in total. The molecule has 1 aliphatic carbocycles. The third kappa shape index (κ3) is 2.09. The number of hydrogen-bond donors (Lipinski definition) is 2. The van der Waals surface area contributed by atoms with E-state index in [4.69, 9.17) is 0 Å². The Bertz CT molecular complexity index is 370. The molecule has 0 spiro atoms. The molecular formula is C13H17NO2. The number of nitrogens with one attached hydrogen (secondary N) is 1. The zero-order chi connectivity index (χ0) is 11.4. The van der Waals surface area contributed by atoms with Crippen molar-refractivity contribution in [3.05, 3.63) is 29.8 Å². The van der Waals surface area contributed by atoms with Gasteiger partial charge in [-0.25, -0.2) is 0 Å². The molecule has 2 rings (SSSR count). The molecule has 3 nitrogen and oxygen atoms in total. The number of carbonyl (C=O) groups excluding carboxylic acids is 1. The van der Waals surface area contributed by atoms with Gasteiger partial charge in [0.05, 0.1) is 5.60 Å². The van der Waals surface area contributed by atoms with Crippen molar-refractivity contribution in [2.45, 2.75) is 37.7 Å². The molecule has 1 aromatic rings. The predicted octanol–water partition coefficient (Wildman–Crippen LogP) is 2.41. The number of para-hydroxylation sites is 1. The van der Waals surface area contributed by atoms with Crippen molar-refractivity contribution >= 4 is 12.1 Å². The fourth-order valence-electron chi connectivity index (χ4n) is 2.48. The molecule has 1 saturated carbocycles. The van der Waals surface area contributed by atoms with E-state index in [0.717, 1.165) is 36.9 Å². The molecule has 0 aliphatic heterocycles. The van der Waals surface area contributed by atoms with Crippen molar-refractivity contribution in [1.82, 2.24) is 0 Å². The van der Waals surface area contributed by atoms with E-state index in [1.54, 1.807) is 0 Å². The highest BCUT2D eigenvalue weighted by Crippen LogP contribution is 2.39. The number of hydrogen-bond acceptors (Lipinski definition) is 2. The summed E-state index contributed by atoms with van der Waals surface area (Å²) in [5.74, 6) is 0. The van der Waals surface area contributed by atoms with Gasteiger partial charge in [-0.2, -0.15) is 0 Å². The molecule has 0 unspecified atom stereocenters. The summed E-state index contributed by atoms with van der Waals surface area (Å²) in [4.78, 5) is 10.5. The van der Waals surface area contributed by atoms with Crippen LogP contribution in [0.2, 0.25) is 0 Å². The number of amides is 1. The van der Waals surface area contributed by atoms with Crippen LogP contribution in [0.3, 0.4) is 0 Å². The molecular weight excluding hydrogens is 202 g/mol. The summed E-state index contributed by atoms with van der Waals surface area (Å²) in [6, 6.07) is 7.49. The van der Waals surface area contributed by atoms with Crippen molar-refractivity contribution in [3.63, 3.8) is 0 Å². The van der Waals surface area contributed by atoms with E-state index in [1.807, 2.05) is 24.3 Å². The van der Waals surface area contributed by atoms with E-state index >= 15 is 0 Å². The monoisotopic (exact) mass is 219 g/mol. The van der Waals surface area contributed by atoms with Crippen LogP contribution in [-0.2, 0) is 10.4 Å². The second-order valence-electron chi connectivity index (χ2n) is 4.40. The molecule has 16 heavy (non-hydrogen) atoms. The van der Waals surface area contributed by atoms with Crippen LogP contribution in [0.25, 0.3) is 0 Å². The molecule has 0 radical (unpaired) electrons. The average molecular weight is 219 g/mol. The van der Waals surface area contributed by atoms with E-state index in [1.165, 1.54) is 6.42 Å². The van der Waals surface area contributed by atoms with Gasteiger partial charge < -0.3 is 10.4 Å². The van der Waals surface area contributed by atoms with E-state index < -0.39 is 5.60 Å². The van der Waals surface area contributed by atoms with Crippen LogP contribution < -0.4 is 5.32 Å². The molecule has 0 atom stereocenters. The first-order chi connectivity index (χ1) is 7.76. The molecule has 1 fully saturated rings. The van der Waals surface area contributed by atoms with Gasteiger partial charge in [0.1, 0.15) is 0 Å². The Labute approximate surface area is 95.5 Å². The Hall–Kier alpha value is -1.35. The minimum atomic E-state index is -0.759. The lowest BCUT2D eigenvalue weighted by Gasteiger charge is -2.33. The average Bonchev–Trinajstić information content (AvgIpc) is 2.31. The van der Waals surface area contributed by atoms with Crippen LogP contribution in [0, 0.1) is 0 Å². The first kappa shape index (κ1) is 11.1. The highest BCUT2D eigenvalue weighted by molar-refractivity contribution is 5.74. The maximum atomic E-state index is 10.6. The summed E-state index contributed by atoms with van der Waals surface area (Å²) in [5.41, 5.74) is 0.814. The first-order valence-electron chi connectivity index (χ1n) is 5.78. The van der Waals surface area contributed by atoms with Gasteiger partial charge >= 0.3 is 0 Å². The topological polar surface area (TPSA) is 49.3 Å². The third-order valence-electron chi connectivity index (χ3n) is 3.32. The number of anilines is 1. The minimum Gasteiger partial charge on any atom is -0.385 e. The second kappa shape index (κ2) is 4.66. The van der Waals surface area contributed by atoms with Crippen LogP contribution in [0.15, 0.2) is 24.3 Å². The summed E-state index contributed by atoms with van der Waals surface area (Å²) in [7, 11) is 0. The van der Waals surface area contributed by atoms with Crippen molar-refractivity contribution in [2.24, 2.45) is 0 Å². The Morgan fingerprint density at radius 2 is 1.88 bits per heavy atom. The zero-order valence-corrected chi connectivity index (χ0v) is 9.28. The molecule has 86 valence electrons. The van der Waals surface area contributed by atoms with Gasteiger partial charge in [0.25, 0.3) is 0 Å². The first-order valence-corrected chi connectivity index (χ1v) is 5.78. The smallest absolute Gasteiger partial charge is 0.211 e. The van der Waals surface area contributed by atoms with E-state index in [-0.39, 0.29) is 0 Å². The molecule has 0 bridgehead atoms. The van der Waals surface area contributed by atoms with Gasteiger partial charge in [0.2, 0.25) is 6.41 Å². The number of rotatable bonds is 3. The Morgan fingerprint density at radius 1 is 1.19 bits per heavy atom. The Balaban J connectivity index is 2.33. The van der Waals surface area contributed by atoms with E-state index in [2.05, 4.69) is 5.32 Å². The number of benzene rings is 1. The summed E-state index contributed by atoms with van der Waals surface area (Å²) in [6.45, 7) is 0. The summed E-state index contributed by atoms with van der Waals surface area (Å²) in [6.07, 6.45) is 5.50. The summed E-state index contributed by atoms with van der Waals surface area (Å²) < 4.78 is 0. The van der Waals surface area contributed by atoms with Gasteiger partial charge in [-0.15, -0.1) is 0 Å². The maximum absolute atomic E-state index is 10.6. The highest BCUT2D eigenvalue weighted by Gasteiger charge is 2.32. The van der Waals surface area contributed by atoms with Crippen molar-refractivity contribution in [1.29, 1.82) is 0 Å². The third-order valence-corrected chi connectivity index (χ3v) is 3.32. The highest BCUT2D eigenvalue weighted by atomic mass is 16.3. The lowest BCUT2D eigenvalue weighted by Crippen LogP contribution is -2.29. The van der Waals surface area contributed by atoms with Crippen LogP contribution in [0.4, 0.5) is 5.69 Å². The number of aliphatic hydroxyl groups is 1. The van der Waals surface area contributed by atoms with Crippen LogP contribution in [0.5, 0.6) is 0 Å². The van der Waals surface area contributed by atoms with Crippen LogP contribution in [-0.4, -0.2) is 11.5 Å². The second-order valence-corrected chi connectivity index (χ2v) is 4.40.